The van der Waals surface area contributed by atoms with E-state index in [2.05, 4.69) is 114 Å². The maximum absolute atomic E-state index is 13.7. The molecule has 1 aliphatic rings. The monoisotopic (exact) mass is 984 g/mol. The molecule has 17 heteroatoms. The molecule has 5 aromatic rings. The molecule has 0 amide bonds. The maximum Gasteiger partial charge on any atom is 0.280 e. The minimum absolute atomic E-state index is 0.000490. The molecule has 3 aromatic carbocycles. The van der Waals surface area contributed by atoms with Gasteiger partial charge in [0.15, 0.2) is 25.7 Å². The van der Waals surface area contributed by atoms with Crippen LogP contribution in [0, 0.1) is 17.2 Å². The van der Waals surface area contributed by atoms with Gasteiger partial charge in [0.05, 0.1) is 46.3 Å². The van der Waals surface area contributed by atoms with Gasteiger partial charge in [0, 0.05) is 18.6 Å². The third-order valence-electron chi connectivity index (χ3n) is 13.0. The van der Waals surface area contributed by atoms with Crippen LogP contribution < -0.4 is 20.3 Å². The number of nitriles is 1. The molecule has 374 valence electrons. The van der Waals surface area contributed by atoms with E-state index in [1.807, 2.05) is 66.7 Å². The summed E-state index contributed by atoms with van der Waals surface area (Å²) in [5.41, 5.74) is 1.54. The second-order valence-corrected chi connectivity index (χ2v) is 26.2. The highest BCUT2D eigenvalue weighted by Crippen LogP contribution is 2.53. The van der Waals surface area contributed by atoms with E-state index in [4.69, 9.17) is 37.4 Å². The van der Waals surface area contributed by atoms with Crippen LogP contribution >= 0.6 is 8.53 Å². The number of nitrogens with zero attached hydrogens (tertiary/aromatic N) is 5. The first-order valence-corrected chi connectivity index (χ1v) is 28.2. The van der Waals surface area contributed by atoms with Crippen molar-refractivity contribution in [1.82, 2.24) is 24.2 Å². The molecule has 2 aromatic heterocycles. The highest BCUT2D eigenvalue weighted by Gasteiger charge is 2.54. The normalized spacial score (nSPS) is 18.4. The summed E-state index contributed by atoms with van der Waals surface area (Å²) in [6, 6.07) is 28.2. The zero-order chi connectivity index (χ0) is 50.1. The molecule has 0 aliphatic carbocycles. The number of hydrogen-bond acceptors (Lipinski definition) is 13. The average Bonchev–Trinajstić information content (AvgIpc) is 3.88. The van der Waals surface area contributed by atoms with Crippen LogP contribution in [0.1, 0.15) is 104 Å². The van der Waals surface area contributed by atoms with Crippen molar-refractivity contribution in [3.63, 3.8) is 0 Å². The molecule has 0 radical (unpaired) electrons. The van der Waals surface area contributed by atoms with Crippen molar-refractivity contribution in [2.45, 2.75) is 142 Å². The maximum atomic E-state index is 13.7. The zero-order valence-electron chi connectivity index (χ0n) is 42.8. The first-order valence-electron chi connectivity index (χ1n) is 24.1. The van der Waals surface area contributed by atoms with E-state index < -0.39 is 47.0 Å². The first kappa shape index (κ1) is 53.7. The SMILES string of the molecule is COc1ccc(C(OC[C@H]2O[C@@H](n3cnc4c(=O)[nH]c(NCCCC(C)C)nc43)[C@H](O[Si](C)(C)C(C)(C)C)[C@@H]2OP(OCCC#N)N(C(C)C)C(C)C)(c2ccccc2)c2ccc(OC)cc2)cc1. The quantitative estimate of drug-likeness (QED) is 0.0260. The van der Waals surface area contributed by atoms with E-state index in [0.717, 1.165) is 29.5 Å². The lowest BCUT2D eigenvalue weighted by molar-refractivity contribution is -0.0926. The van der Waals surface area contributed by atoms with Crippen molar-refractivity contribution in [2.24, 2.45) is 5.92 Å². The molecule has 0 spiro atoms. The van der Waals surface area contributed by atoms with Crippen LogP contribution in [0.4, 0.5) is 5.95 Å². The molecule has 1 aliphatic heterocycles. The molecule has 6 rings (SSSR count). The molecular formula is C52H74N7O8PSi. The number of aromatic nitrogens is 4. The summed E-state index contributed by atoms with van der Waals surface area (Å²) in [7, 11) is -1.18. The van der Waals surface area contributed by atoms with Crippen molar-refractivity contribution < 1.29 is 32.4 Å². The van der Waals surface area contributed by atoms with Gasteiger partial charge in [0.2, 0.25) is 5.95 Å². The minimum Gasteiger partial charge on any atom is -0.497 e. The lowest BCUT2D eigenvalue weighted by atomic mass is 9.80. The molecule has 1 unspecified atom stereocenters. The van der Waals surface area contributed by atoms with Gasteiger partial charge in [0.25, 0.3) is 14.1 Å². The van der Waals surface area contributed by atoms with Crippen LogP contribution in [0.3, 0.4) is 0 Å². The summed E-state index contributed by atoms with van der Waals surface area (Å²) >= 11 is 0. The highest BCUT2D eigenvalue weighted by atomic mass is 31.2. The van der Waals surface area contributed by atoms with E-state index in [1.165, 1.54) is 0 Å². The zero-order valence-corrected chi connectivity index (χ0v) is 44.7. The minimum atomic E-state index is -2.65. The molecule has 0 bridgehead atoms. The number of fused-ring (bicyclic) bond motifs is 1. The molecule has 0 saturated carbocycles. The van der Waals surface area contributed by atoms with E-state index >= 15 is 0 Å². The number of hydrogen-bond donors (Lipinski definition) is 2. The van der Waals surface area contributed by atoms with Crippen LogP contribution in [0.15, 0.2) is 90.0 Å². The fourth-order valence-electron chi connectivity index (χ4n) is 8.43. The van der Waals surface area contributed by atoms with Crippen LogP contribution in [0.5, 0.6) is 11.5 Å². The third kappa shape index (κ3) is 12.4. The standard InChI is InChI=1S/C52H74N7O8PSi/c1-35(2)19-17-31-54-50-56-47-44(48(60)57-50)55-34-58(47)49-46(67-69(12,13)51(7,8)9)45(66-68(64-32-18-30-53)59(36(3)4)37(5)6)43(65-49)33-63-52(38-20-15-14-16-21-38,39-22-26-41(61-10)27-23-39)40-24-28-42(62-11)29-25-40/h14-16,20-29,34-37,43,45-46,49H,17-19,31-33H2,1-13H3,(H2,54,56,57,60)/t43-,45-,46-,49-,68?/m1/s1. The number of benzene rings is 3. The van der Waals surface area contributed by atoms with Crippen LogP contribution in [-0.4, -0.2) is 96.9 Å². The van der Waals surface area contributed by atoms with Gasteiger partial charge < -0.3 is 37.7 Å². The number of rotatable bonds is 24. The summed E-state index contributed by atoms with van der Waals surface area (Å²) in [5.74, 6) is 2.30. The van der Waals surface area contributed by atoms with Gasteiger partial charge in [-0.3, -0.25) is 14.3 Å². The summed E-state index contributed by atoms with van der Waals surface area (Å²) in [5, 5.41) is 12.8. The Labute approximate surface area is 411 Å². The summed E-state index contributed by atoms with van der Waals surface area (Å²) in [6.07, 6.45) is 0.445. The largest absolute Gasteiger partial charge is 0.497 e. The Kier molecular flexibility index (Phi) is 18.3. The van der Waals surface area contributed by atoms with Gasteiger partial charge in [-0.1, -0.05) is 89.2 Å². The van der Waals surface area contributed by atoms with Crippen LogP contribution in [0.25, 0.3) is 11.2 Å². The fourth-order valence-corrected chi connectivity index (χ4v) is 11.5. The first-order chi connectivity index (χ1) is 32.8. The molecular weight excluding hydrogens is 910 g/mol. The number of anilines is 1. The van der Waals surface area contributed by atoms with Gasteiger partial charge in [-0.25, -0.2) is 9.65 Å². The van der Waals surface area contributed by atoms with E-state index in [0.29, 0.717) is 35.6 Å². The Hall–Kier alpha value is -4.69. The lowest BCUT2D eigenvalue weighted by Crippen LogP contribution is -2.50. The molecule has 15 nitrogen and oxygen atoms in total. The number of H-pyrrole nitrogens is 1. The molecule has 3 heterocycles. The lowest BCUT2D eigenvalue weighted by Gasteiger charge is -2.42. The topological polar surface area (TPSA) is 167 Å². The van der Waals surface area contributed by atoms with E-state index in [1.54, 1.807) is 25.1 Å². The molecule has 1 saturated heterocycles. The second kappa shape index (κ2) is 23.5. The number of aromatic amines is 1. The Balaban J connectivity index is 1.56. The van der Waals surface area contributed by atoms with Crippen molar-refractivity contribution in [1.29, 1.82) is 5.26 Å². The molecule has 2 N–H and O–H groups in total. The van der Waals surface area contributed by atoms with Gasteiger partial charge in [0.1, 0.15) is 35.4 Å². The molecule has 5 atom stereocenters. The number of methoxy groups -OCH3 is 2. The van der Waals surface area contributed by atoms with Crippen molar-refractivity contribution in [3.05, 3.63) is 112 Å². The predicted octanol–water partition coefficient (Wildman–Crippen LogP) is 10.9. The number of nitrogens with one attached hydrogen (secondary N) is 2. The Morgan fingerprint density at radius 1 is 0.899 bits per heavy atom. The summed E-state index contributed by atoms with van der Waals surface area (Å²) < 4.78 is 51.7. The van der Waals surface area contributed by atoms with Crippen LogP contribution in [-0.2, 0) is 28.5 Å². The van der Waals surface area contributed by atoms with E-state index in [-0.39, 0.29) is 47.8 Å². The van der Waals surface area contributed by atoms with Gasteiger partial charge in [-0.15, -0.1) is 0 Å². The van der Waals surface area contributed by atoms with Crippen LogP contribution in [0.2, 0.25) is 18.1 Å². The predicted molar refractivity (Wildman–Crippen MR) is 275 cm³/mol. The third-order valence-corrected chi connectivity index (χ3v) is 19.6. The van der Waals surface area contributed by atoms with Crippen molar-refractivity contribution in [3.8, 4) is 17.6 Å². The smallest absolute Gasteiger partial charge is 0.280 e. The number of imidazole rings is 1. The molecule has 69 heavy (non-hydrogen) atoms. The summed E-state index contributed by atoms with van der Waals surface area (Å²) in [6.45, 7) is 24.6. The van der Waals surface area contributed by atoms with Gasteiger partial charge in [-0.05, 0) is 106 Å². The molecule has 1 fully saturated rings. The second-order valence-electron chi connectivity index (χ2n) is 20.0. The van der Waals surface area contributed by atoms with Crippen molar-refractivity contribution in [2.75, 3.05) is 39.3 Å². The Morgan fingerprint density at radius 3 is 2.03 bits per heavy atom. The van der Waals surface area contributed by atoms with Gasteiger partial charge in [-0.2, -0.15) is 10.2 Å². The highest BCUT2D eigenvalue weighted by molar-refractivity contribution is 7.44. The fraction of sp³-hybridized carbons (Fsp3) is 0.538. The van der Waals surface area contributed by atoms with Gasteiger partial charge >= 0.3 is 0 Å². The summed E-state index contributed by atoms with van der Waals surface area (Å²) in [4.78, 5) is 26.2. The average molecular weight is 984 g/mol. The number of ether oxygens (including phenoxy) is 4. The van der Waals surface area contributed by atoms with Crippen molar-refractivity contribution >= 4 is 34.0 Å². The van der Waals surface area contributed by atoms with E-state index in [9.17, 15) is 10.1 Å². The Morgan fingerprint density at radius 2 is 1.49 bits per heavy atom. The Bertz CT molecular complexity index is 2430.